The summed E-state index contributed by atoms with van der Waals surface area (Å²) in [5.74, 6) is -0.0775. The summed E-state index contributed by atoms with van der Waals surface area (Å²) in [6.45, 7) is 0. The Hall–Kier alpha value is -1.91. The summed E-state index contributed by atoms with van der Waals surface area (Å²) in [5.41, 5.74) is 0.757. The van der Waals surface area contributed by atoms with E-state index in [-0.39, 0.29) is 5.56 Å². The van der Waals surface area contributed by atoms with Crippen LogP contribution >= 0.6 is 0 Å². The van der Waals surface area contributed by atoms with Crippen molar-refractivity contribution in [1.29, 1.82) is 0 Å². The van der Waals surface area contributed by atoms with E-state index in [9.17, 15) is 4.79 Å². The fraction of sp³-hybridized carbons (Fsp3) is 0.364. The van der Waals surface area contributed by atoms with Crippen molar-refractivity contribution in [3.05, 3.63) is 17.7 Å². The highest BCUT2D eigenvalue weighted by molar-refractivity contribution is 5.95. The topological polar surface area (TPSA) is 59.0 Å². The van der Waals surface area contributed by atoms with Crippen LogP contribution in [0.15, 0.2) is 12.1 Å². The van der Waals surface area contributed by atoms with Gasteiger partial charge in [-0.25, -0.2) is 4.79 Å². The first-order chi connectivity index (χ1) is 7.51. The van der Waals surface area contributed by atoms with Gasteiger partial charge in [-0.2, -0.15) is 0 Å². The first-order valence-electron chi connectivity index (χ1n) is 4.68. The molecule has 0 aliphatic heterocycles. The van der Waals surface area contributed by atoms with Crippen molar-refractivity contribution in [2.45, 2.75) is 0 Å². The number of ether oxygens (including phenoxy) is 2. The van der Waals surface area contributed by atoms with Crippen molar-refractivity contribution in [3.8, 4) is 11.5 Å². The van der Waals surface area contributed by atoms with Gasteiger partial charge in [-0.15, -0.1) is 0 Å². The van der Waals surface area contributed by atoms with Gasteiger partial charge < -0.3 is 19.5 Å². The first kappa shape index (κ1) is 12.2. The van der Waals surface area contributed by atoms with E-state index in [0.717, 1.165) is 0 Å². The van der Waals surface area contributed by atoms with Crippen LogP contribution in [-0.4, -0.2) is 39.4 Å². The standard InChI is InChI=1S/C11H15NO4/c1-12(2)8-6-10(16-4)9(15-3)5-7(8)11(13)14/h5-6H,1-4H3,(H,13,14). The van der Waals surface area contributed by atoms with Gasteiger partial charge in [0.05, 0.1) is 25.5 Å². The molecule has 0 saturated carbocycles. The number of aromatic carboxylic acids is 1. The maximum atomic E-state index is 11.1. The van der Waals surface area contributed by atoms with E-state index in [1.807, 2.05) is 0 Å². The third-order valence-electron chi connectivity index (χ3n) is 2.21. The zero-order valence-corrected chi connectivity index (χ0v) is 9.77. The molecule has 0 saturated heterocycles. The molecule has 0 radical (unpaired) electrons. The van der Waals surface area contributed by atoms with Crippen LogP contribution in [0, 0.1) is 0 Å². The molecule has 0 aliphatic carbocycles. The lowest BCUT2D eigenvalue weighted by Gasteiger charge is -2.18. The predicted octanol–water partition coefficient (Wildman–Crippen LogP) is 1.47. The van der Waals surface area contributed by atoms with Crippen LogP contribution in [0.5, 0.6) is 11.5 Å². The molecule has 88 valence electrons. The molecule has 0 bridgehead atoms. The second kappa shape index (κ2) is 4.74. The van der Waals surface area contributed by atoms with Crippen molar-refractivity contribution in [2.24, 2.45) is 0 Å². The molecule has 0 spiro atoms. The monoisotopic (exact) mass is 225 g/mol. The molecule has 16 heavy (non-hydrogen) atoms. The van der Waals surface area contributed by atoms with E-state index in [1.165, 1.54) is 20.3 Å². The lowest BCUT2D eigenvalue weighted by atomic mass is 10.1. The number of benzene rings is 1. The molecular weight excluding hydrogens is 210 g/mol. The SMILES string of the molecule is COc1cc(C(=O)O)c(N(C)C)cc1OC. The number of carboxylic acid groups (broad SMARTS) is 1. The average Bonchev–Trinajstić information content (AvgIpc) is 2.26. The quantitative estimate of drug-likeness (QED) is 0.840. The lowest BCUT2D eigenvalue weighted by molar-refractivity contribution is 0.0697. The van der Waals surface area contributed by atoms with Crippen LogP contribution in [0.2, 0.25) is 0 Å². The smallest absolute Gasteiger partial charge is 0.337 e. The fourth-order valence-corrected chi connectivity index (χ4v) is 1.41. The van der Waals surface area contributed by atoms with E-state index in [2.05, 4.69) is 0 Å². The Morgan fingerprint density at radius 3 is 2.06 bits per heavy atom. The predicted molar refractivity (Wildman–Crippen MR) is 60.8 cm³/mol. The number of rotatable bonds is 4. The van der Waals surface area contributed by atoms with Crippen molar-refractivity contribution >= 4 is 11.7 Å². The molecule has 1 N–H and O–H groups in total. The van der Waals surface area contributed by atoms with Crippen LogP contribution < -0.4 is 14.4 Å². The minimum absolute atomic E-state index is 0.183. The summed E-state index contributed by atoms with van der Waals surface area (Å²) in [4.78, 5) is 12.8. The van der Waals surface area contributed by atoms with Crippen LogP contribution in [0.4, 0.5) is 5.69 Å². The molecule has 0 atom stereocenters. The zero-order valence-electron chi connectivity index (χ0n) is 9.77. The third kappa shape index (κ3) is 2.18. The van der Waals surface area contributed by atoms with Crippen molar-refractivity contribution in [1.82, 2.24) is 0 Å². The molecule has 1 aromatic carbocycles. The van der Waals surface area contributed by atoms with E-state index >= 15 is 0 Å². The van der Waals surface area contributed by atoms with Crippen LogP contribution in [0.3, 0.4) is 0 Å². The van der Waals surface area contributed by atoms with Gasteiger partial charge in [0, 0.05) is 26.2 Å². The second-order valence-electron chi connectivity index (χ2n) is 3.42. The van der Waals surface area contributed by atoms with Gasteiger partial charge in [0.1, 0.15) is 0 Å². The Bertz CT molecular complexity index is 401. The van der Waals surface area contributed by atoms with Crippen molar-refractivity contribution < 1.29 is 19.4 Å². The fourth-order valence-electron chi connectivity index (χ4n) is 1.41. The summed E-state index contributed by atoms with van der Waals surface area (Å²) < 4.78 is 10.2. The lowest BCUT2D eigenvalue weighted by Crippen LogP contribution is -2.14. The van der Waals surface area contributed by atoms with Gasteiger partial charge in [-0.05, 0) is 0 Å². The summed E-state index contributed by atoms with van der Waals surface area (Å²) in [7, 11) is 6.53. The molecule has 5 heteroatoms. The molecule has 1 aromatic rings. The number of carboxylic acids is 1. The Morgan fingerprint density at radius 1 is 1.19 bits per heavy atom. The van der Waals surface area contributed by atoms with Crippen molar-refractivity contribution in [2.75, 3.05) is 33.2 Å². The molecular formula is C11H15NO4. The molecule has 1 rings (SSSR count). The van der Waals surface area contributed by atoms with Crippen LogP contribution in [-0.2, 0) is 0 Å². The molecule has 0 unspecified atom stereocenters. The zero-order chi connectivity index (χ0) is 12.3. The number of anilines is 1. The highest BCUT2D eigenvalue weighted by Gasteiger charge is 2.17. The van der Waals surface area contributed by atoms with E-state index in [1.54, 1.807) is 25.1 Å². The molecule has 0 aliphatic rings. The van der Waals surface area contributed by atoms with Gasteiger partial charge in [0.15, 0.2) is 11.5 Å². The normalized spacial score (nSPS) is 9.75. The summed E-state index contributed by atoms with van der Waals surface area (Å²) in [5, 5.41) is 9.08. The van der Waals surface area contributed by atoms with E-state index in [0.29, 0.717) is 17.2 Å². The highest BCUT2D eigenvalue weighted by Crippen LogP contribution is 2.34. The van der Waals surface area contributed by atoms with Crippen molar-refractivity contribution in [3.63, 3.8) is 0 Å². The van der Waals surface area contributed by atoms with Gasteiger partial charge in [-0.3, -0.25) is 0 Å². The Morgan fingerprint density at radius 2 is 1.69 bits per heavy atom. The minimum Gasteiger partial charge on any atom is -0.493 e. The summed E-state index contributed by atoms with van der Waals surface area (Å²) >= 11 is 0. The van der Waals surface area contributed by atoms with E-state index in [4.69, 9.17) is 14.6 Å². The van der Waals surface area contributed by atoms with Gasteiger partial charge in [-0.1, -0.05) is 0 Å². The average molecular weight is 225 g/mol. The second-order valence-corrected chi connectivity index (χ2v) is 3.42. The summed E-state index contributed by atoms with van der Waals surface area (Å²) in [6, 6.07) is 3.10. The Labute approximate surface area is 94.2 Å². The Balaban J connectivity index is 3.41. The third-order valence-corrected chi connectivity index (χ3v) is 2.21. The first-order valence-corrected chi connectivity index (χ1v) is 4.68. The number of methoxy groups -OCH3 is 2. The molecule has 0 fully saturated rings. The highest BCUT2D eigenvalue weighted by atomic mass is 16.5. The summed E-state index contributed by atoms with van der Waals surface area (Å²) in [6.07, 6.45) is 0. The molecule has 0 amide bonds. The molecule has 0 aromatic heterocycles. The Kier molecular flexibility index (Phi) is 3.60. The van der Waals surface area contributed by atoms with Crippen LogP contribution in [0.25, 0.3) is 0 Å². The number of carbonyl (C=O) groups is 1. The maximum Gasteiger partial charge on any atom is 0.337 e. The van der Waals surface area contributed by atoms with Gasteiger partial charge in [0.25, 0.3) is 0 Å². The van der Waals surface area contributed by atoms with Gasteiger partial charge >= 0.3 is 5.97 Å². The van der Waals surface area contributed by atoms with E-state index < -0.39 is 5.97 Å². The number of hydrogen-bond donors (Lipinski definition) is 1. The number of hydrogen-bond acceptors (Lipinski definition) is 4. The minimum atomic E-state index is -0.996. The molecule has 0 heterocycles. The van der Waals surface area contributed by atoms with Gasteiger partial charge in [0.2, 0.25) is 0 Å². The largest absolute Gasteiger partial charge is 0.493 e. The number of nitrogens with zero attached hydrogens (tertiary/aromatic N) is 1. The van der Waals surface area contributed by atoms with Crippen LogP contribution in [0.1, 0.15) is 10.4 Å². The maximum absolute atomic E-state index is 11.1. The molecule has 5 nitrogen and oxygen atoms in total.